The van der Waals surface area contributed by atoms with Crippen molar-refractivity contribution in [2.24, 2.45) is 0 Å². The van der Waals surface area contributed by atoms with Crippen LogP contribution in [-0.4, -0.2) is 57.7 Å². The van der Waals surface area contributed by atoms with Gasteiger partial charge >= 0.3 is 0 Å². The third kappa shape index (κ3) is 5.71. The first-order valence-corrected chi connectivity index (χ1v) is 10.3. The summed E-state index contributed by atoms with van der Waals surface area (Å²) in [6.45, 7) is 7.29. The third-order valence-corrected chi connectivity index (χ3v) is 5.46. The highest BCUT2D eigenvalue weighted by molar-refractivity contribution is 5.49. The molecule has 5 heteroatoms. The number of aliphatic hydroxyl groups excluding tert-OH is 1. The summed E-state index contributed by atoms with van der Waals surface area (Å²) in [5.41, 5.74) is 2.41. The lowest BCUT2D eigenvalue weighted by Crippen LogP contribution is -3.16. The molecule has 1 fully saturated rings. The van der Waals surface area contributed by atoms with E-state index in [2.05, 4.69) is 36.1 Å². The topological polar surface area (TPSA) is 46.4 Å². The molecule has 0 saturated carbocycles. The molecule has 0 bridgehead atoms. The quantitative estimate of drug-likeness (QED) is 0.693. The number of aliphatic hydroxyl groups is 1. The summed E-state index contributed by atoms with van der Waals surface area (Å²) >= 11 is 0. The molecule has 2 aromatic rings. The van der Waals surface area contributed by atoms with Crippen LogP contribution in [0.3, 0.4) is 0 Å². The van der Waals surface area contributed by atoms with E-state index < -0.39 is 6.10 Å². The van der Waals surface area contributed by atoms with Gasteiger partial charge in [-0.2, -0.15) is 0 Å². The minimum atomic E-state index is -0.430. The van der Waals surface area contributed by atoms with Gasteiger partial charge in [0.2, 0.25) is 0 Å². The lowest BCUT2D eigenvalue weighted by Gasteiger charge is -2.34. The summed E-state index contributed by atoms with van der Waals surface area (Å²) in [6, 6.07) is 18.5. The molecule has 1 heterocycles. The highest BCUT2D eigenvalue weighted by Gasteiger charge is 2.23. The monoisotopic (exact) mass is 385 g/mol. The number of quaternary nitrogens is 1. The SMILES string of the molecule is CC[C@@H](OC[C@H](O)C[NH+]1CCN(c2ccc(OC)cc2)CC1)c1ccccc1. The van der Waals surface area contributed by atoms with E-state index in [0.717, 1.165) is 44.9 Å². The number of anilines is 1. The van der Waals surface area contributed by atoms with Crippen LogP contribution >= 0.6 is 0 Å². The Balaban J connectivity index is 1.41. The maximum Gasteiger partial charge on any atom is 0.126 e. The number of hydrogen-bond donors (Lipinski definition) is 2. The van der Waals surface area contributed by atoms with Crippen LogP contribution in [0, 0.1) is 0 Å². The highest BCUT2D eigenvalue weighted by Crippen LogP contribution is 2.21. The van der Waals surface area contributed by atoms with Crippen molar-refractivity contribution in [3.05, 3.63) is 60.2 Å². The van der Waals surface area contributed by atoms with Gasteiger partial charge in [-0.15, -0.1) is 0 Å². The van der Waals surface area contributed by atoms with E-state index in [9.17, 15) is 5.11 Å². The summed E-state index contributed by atoms with van der Waals surface area (Å²) in [4.78, 5) is 3.84. The number of hydrogen-bond acceptors (Lipinski definition) is 4. The Kier molecular flexibility index (Phi) is 7.71. The van der Waals surface area contributed by atoms with Crippen molar-refractivity contribution in [3.8, 4) is 5.75 Å². The number of nitrogens with one attached hydrogen (secondary N) is 1. The average Bonchev–Trinajstić information content (AvgIpc) is 2.75. The number of rotatable bonds is 9. The van der Waals surface area contributed by atoms with Gasteiger partial charge in [-0.05, 0) is 36.2 Å². The lowest BCUT2D eigenvalue weighted by molar-refractivity contribution is -0.903. The predicted octanol–water partition coefficient (Wildman–Crippen LogP) is 1.93. The molecule has 1 aliphatic rings. The van der Waals surface area contributed by atoms with Crippen LogP contribution < -0.4 is 14.5 Å². The minimum Gasteiger partial charge on any atom is -0.497 e. The van der Waals surface area contributed by atoms with Gasteiger partial charge in [0.15, 0.2) is 0 Å². The summed E-state index contributed by atoms with van der Waals surface area (Å²) in [7, 11) is 1.69. The third-order valence-electron chi connectivity index (χ3n) is 5.46. The molecular weight excluding hydrogens is 352 g/mol. The number of benzene rings is 2. The molecule has 3 rings (SSSR count). The van der Waals surface area contributed by atoms with Gasteiger partial charge < -0.3 is 24.4 Å². The molecule has 2 atom stereocenters. The fourth-order valence-corrected chi connectivity index (χ4v) is 3.82. The number of piperazine rings is 1. The van der Waals surface area contributed by atoms with Crippen molar-refractivity contribution < 1.29 is 19.5 Å². The molecule has 0 amide bonds. The van der Waals surface area contributed by atoms with E-state index in [-0.39, 0.29) is 6.10 Å². The fourth-order valence-electron chi connectivity index (χ4n) is 3.82. The summed E-state index contributed by atoms with van der Waals surface area (Å²) in [5.74, 6) is 0.886. The largest absolute Gasteiger partial charge is 0.497 e. The van der Waals surface area contributed by atoms with E-state index in [1.165, 1.54) is 16.2 Å². The summed E-state index contributed by atoms with van der Waals surface area (Å²) in [6.07, 6.45) is 0.530. The fraction of sp³-hybridized carbons (Fsp3) is 0.478. The summed E-state index contributed by atoms with van der Waals surface area (Å²) in [5, 5.41) is 10.5. The number of ether oxygens (including phenoxy) is 2. The zero-order valence-electron chi connectivity index (χ0n) is 17.0. The molecule has 0 spiro atoms. The van der Waals surface area contributed by atoms with Gasteiger partial charge in [-0.25, -0.2) is 0 Å². The molecule has 5 nitrogen and oxygen atoms in total. The maximum atomic E-state index is 10.5. The normalized spacial score (nSPS) is 17.3. The molecule has 0 aromatic heterocycles. The van der Waals surface area contributed by atoms with Crippen LogP contribution in [0.15, 0.2) is 54.6 Å². The van der Waals surface area contributed by atoms with Gasteiger partial charge in [0.05, 0.1) is 46.0 Å². The van der Waals surface area contributed by atoms with Gasteiger partial charge in [0, 0.05) is 5.69 Å². The van der Waals surface area contributed by atoms with E-state index in [1.807, 2.05) is 30.3 Å². The molecule has 2 aromatic carbocycles. The maximum absolute atomic E-state index is 10.5. The number of nitrogens with zero attached hydrogens (tertiary/aromatic N) is 1. The Morgan fingerprint density at radius 2 is 1.71 bits per heavy atom. The van der Waals surface area contributed by atoms with Crippen LogP contribution in [0.4, 0.5) is 5.69 Å². The second-order valence-corrected chi connectivity index (χ2v) is 7.43. The first-order valence-electron chi connectivity index (χ1n) is 10.3. The molecule has 152 valence electrons. The van der Waals surface area contributed by atoms with Gasteiger partial charge in [0.25, 0.3) is 0 Å². The molecule has 2 N–H and O–H groups in total. The second kappa shape index (κ2) is 10.5. The second-order valence-electron chi connectivity index (χ2n) is 7.43. The first-order chi connectivity index (χ1) is 13.7. The number of methoxy groups -OCH3 is 1. The zero-order chi connectivity index (χ0) is 19.8. The van der Waals surface area contributed by atoms with Crippen molar-refractivity contribution >= 4 is 5.69 Å². The molecule has 0 radical (unpaired) electrons. The van der Waals surface area contributed by atoms with Crippen LogP contribution in [-0.2, 0) is 4.74 Å². The Labute approximate surface area is 168 Å². The van der Waals surface area contributed by atoms with Crippen molar-refractivity contribution in [2.45, 2.75) is 25.6 Å². The van der Waals surface area contributed by atoms with Crippen molar-refractivity contribution in [1.29, 1.82) is 0 Å². The van der Waals surface area contributed by atoms with Crippen LogP contribution in [0.1, 0.15) is 25.0 Å². The molecule has 0 aliphatic carbocycles. The first kappa shape index (κ1) is 20.6. The standard InChI is InChI=1S/C23H32N2O3/c1-3-23(19-7-5-4-6-8-19)28-18-21(26)17-24-13-15-25(16-14-24)20-9-11-22(27-2)12-10-20/h4-12,21,23,26H,3,13-18H2,1-2H3/p+1/t21-,23-/m1/s1. The van der Waals surface area contributed by atoms with E-state index in [1.54, 1.807) is 7.11 Å². The van der Waals surface area contributed by atoms with Crippen LogP contribution in [0.2, 0.25) is 0 Å². The molecule has 1 aliphatic heterocycles. The van der Waals surface area contributed by atoms with Gasteiger partial charge in [0.1, 0.15) is 18.4 Å². The van der Waals surface area contributed by atoms with Crippen LogP contribution in [0.25, 0.3) is 0 Å². The van der Waals surface area contributed by atoms with E-state index in [4.69, 9.17) is 9.47 Å². The summed E-state index contributed by atoms with van der Waals surface area (Å²) < 4.78 is 11.2. The molecule has 1 saturated heterocycles. The zero-order valence-corrected chi connectivity index (χ0v) is 17.0. The van der Waals surface area contributed by atoms with E-state index >= 15 is 0 Å². The minimum absolute atomic E-state index is 0.0535. The van der Waals surface area contributed by atoms with Gasteiger partial charge in [-0.1, -0.05) is 37.3 Å². The van der Waals surface area contributed by atoms with E-state index in [0.29, 0.717) is 6.61 Å². The van der Waals surface area contributed by atoms with Crippen LogP contribution in [0.5, 0.6) is 5.75 Å². The van der Waals surface area contributed by atoms with Crippen molar-refractivity contribution in [3.63, 3.8) is 0 Å². The Bertz CT molecular complexity index is 685. The highest BCUT2D eigenvalue weighted by atomic mass is 16.5. The Hall–Kier alpha value is -2.08. The lowest BCUT2D eigenvalue weighted by atomic mass is 10.1. The van der Waals surface area contributed by atoms with Crippen molar-refractivity contribution in [2.75, 3.05) is 51.3 Å². The smallest absolute Gasteiger partial charge is 0.126 e. The molecular formula is C23H33N2O3+. The Morgan fingerprint density at radius 3 is 2.32 bits per heavy atom. The molecule has 28 heavy (non-hydrogen) atoms. The van der Waals surface area contributed by atoms with Gasteiger partial charge in [-0.3, -0.25) is 0 Å². The van der Waals surface area contributed by atoms with Crippen molar-refractivity contribution in [1.82, 2.24) is 0 Å². The molecule has 0 unspecified atom stereocenters. The Morgan fingerprint density at radius 1 is 1.04 bits per heavy atom. The predicted molar refractivity (Wildman–Crippen MR) is 112 cm³/mol. The average molecular weight is 386 g/mol.